The second-order valence-electron chi connectivity index (χ2n) is 7.01. The molecule has 2 aromatic carbocycles. The summed E-state index contributed by atoms with van der Waals surface area (Å²) in [5.41, 5.74) is 3.58. The van der Waals surface area contributed by atoms with E-state index in [4.69, 9.17) is 0 Å². The van der Waals surface area contributed by atoms with Crippen LogP contribution in [0.25, 0.3) is 21.8 Å². The molecule has 2 aromatic heterocycles. The maximum Gasteiger partial charge on any atom is 0.152 e. The number of nitrogens with zero attached hydrogens (tertiary/aromatic N) is 2. The Morgan fingerprint density at radius 3 is 1.59 bits per heavy atom. The van der Waals surface area contributed by atoms with Gasteiger partial charge in [-0.15, -0.1) is 0 Å². The van der Waals surface area contributed by atoms with Crippen LogP contribution in [0.4, 0.5) is 0 Å². The Morgan fingerprint density at radius 2 is 1.15 bits per heavy atom. The number of hydrogen-bond acceptors (Lipinski definition) is 2. The van der Waals surface area contributed by atoms with Crippen LogP contribution in [0, 0.1) is 0 Å². The molecule has 1 aliphatic carbocycles. The number of para-hydroxylation sites is 2. The number of aldehydes is 2. The zero-order valence-corrected chi connectivity index (χ0v) is 14.7. The van der Waals surface area contributed by atoms with E-state index < -0.39 is 0 Å². The van der Waals surface area contributed by atoms with Gasteiger partial charge in [0, 0.05) is 45.3 Å². The van der Waals surface area contributed by atoms with E-state index in [1.165, 1.54) is 0 Å². The number of aromatic nitrogens is 2. The van der Waals surface area contributed by atoms with Crippen LogP contribution in [0.2, 0.25) is 0 Å². The van der Waals surface area contributed by atoms with Crippen molar-refractivity contribution in [2.45, 2.75) is 18.5 Å². The molecule has 0 radical (unpaired) electrons. The van der Waals surface area contributed by atoms with Gasteiger partial charge in [0.1, 0.15) is 0 Å². The molecule has 0 unspecified atom stereocenters. The summed E-state index contributed by atoms with van der Waals surface area (Å²) < 4.78 is 4.36. The van der Waals surface area contributed by atoms with Crippen molar-refractivity contribution in [1.82, 2.24) is 9.13 Å². The fourth-order valence-electron chi connectivity index (χ4n) is 4.27. The van der Waals surface area contributed by atoms with Crippen LogP contribution in [0.5, 0.6) is 0 Å². The molecule has 4 heteroatoms. The Labute approximate surface area is 156 Å². The average molecular weight is 354 g/mol. The van der Waals surface area contributed by atoms with Crippen molar-refractivity contribution in [2.75, 3.05) is 0 Å². The first-order valence-corrected chi connectivity index (χ1v) is 9.08. The van der Waals surface area contributed by atoms with Gasteiger partial charge in [0.25, 0.3) is 0 Å². The van der Waals surface area contributed by atoms with Crippen LogP contribution in [-0.2, 0) is 0 Å². The molecule has 0 aliphatic heterocycles. The van der Waals surface area contributed by atoms with Gasteiger partial charge in [0.2, 0.25) is 0 Å². The Bertz CT molecular complexity index is 1120. The van der Waals surface area contributed by atoms with Crippen molar-refractivity contribution in [3.05, 3.63) is 84.2 Å². The normalized spacial score (nSPS) is 19.1. The molecule has 4 aromatic rings. The van der Waals surface area contributed by atoms with Gasteiger partial charge in [-0.3, -0.25) is 9.59 Å². The van der Waals surface area contributed by atoms with Crippen LogP contribution < -0.4 is 0 Å². The average Bonchev–Trinajstić information content (AvgIpc) is 3.42. The highest BCUT2D eigenvalue weighted by molar-refractivity contribution is 5.98. The lowest BCUT2D eigenvalue weighted by Crippen LogP contribution is -2.08. The third-order valence-electron chi connectivity index (χ3n) is 5.55. The molecule has 0 spiro atoms. The van der Waals surface area contributed by atoms with E-state index in [-0.39, 0.29) is 12.1 Å². The molecule has 2 atom stereocenters. The predicted octanol–water partition coefficient (Wildman–Crippen LogP) is 4.96. The molecular weight excluding hydrogens is 336 g/mol. The number of hydrogen-bond donors (Lipinski definition) is 0. The SMILES string of the molecule is O=Cc1cn([C@@H]2C=C[C@H](n3cc(C=O)c4ccccc43)C2)c2ccccc12. The van der Waals surface area contributed by atoms with E-state index in [0.29, 0.717) is 0 Å². The van der Waals surface area contributed by atoms with E-state index >= 15 is 0 Å². The van der Waals surface area contributed by atoms with Gasteiger partial charge in [-0.05, 0) is 18.6 Å². The Morgan fingerprint density at radius 1 is 0.704 bits per heavy atom. The minimum absolute atomic E-state index is 0.175. The first kappa shape index (κ1) is 15.8. The van der Waals surface area contributed by atoms with Crippen molar-refractivity contribution < 1.29 is 9.59 Å². The zero-order valence-electron chi connectivity index (χ0n) is 14.7. The van der Waals surface area contributed by atoms with Crippen LogP contribution in [0.15, 0.2) is 73.1 Å². The quantitative estimate of drug-likeness (QED) is 0.384. The Balaban J connectivity index is 1.54. The smallest absolute Gasteiger partial charge is 0.152 e. The van der Waals surface area contributed by atoms with Crippen LogP contribution >= 0.6 is 0 Å². The van der Waals surface area contributed by atoms with Gasteiger partial charge >= 0.3 is 0 Å². The van der Waals surface area contributed by atoms with Crippen molar-refractivity contribution in [3.8, 4) is 0 Å². The van der Waals surface area contributed by atoms with Gasteiger partial charge < -0.3 is 9.13 Å². The maximum atomic E-state index is 11.4. The molecule has 5 rings (SSSR count). The Kier molecular flexibility index (Phi) is 3.57. The second kappa shape index (κ2) is 6.09. The molecule has 132 valence electrons. The molecule has 0 N–H and O–H groups in total. The molecular formula is C23H18N2O2. The van der Waals surface area contributed by atoms with Crippen LogP contribution in [-0.4, -0.2) is 21.7 Å². The second-order valence-corrected chi connectivity index (χ2v) is 7.01. The van der Waals surface area contributed by atoms with Gasteiger partial charge in [0.05, 0.1) is 12.1 Å². The predicted molar refractivity (Wildman–Crippen MR) is 106 cm³/mol. The standard InChI is InChI=1S/C23H18N2O2/c26-14-16-12-24(22-7-3-1-5-20(16)22)18-9-10-19(11-18)25-13-17(15-27)21-6-2-4-8-23(21)25/h1-10,12-15,18-19H,11H2/t18-,19+. The van der Waals surface area contributed by atoms with E-state index in [1.807, 2.05) is 48.8 Å². The van der Waals surface area contributed by atoms with E-state index in [1.54, 1.807) is 0 Å². The van der Waals surface area contributed by atoms with Gasteiger partial charge in [-0.25, -0.2) is 0 Å². The summed E-state index contributed by atoms with van der Waals surface area (Å²) in [5.74, 6) is 0. The summed E-state index contributed by atoms with van der Waals surface area (Å²) in [6.45, 7) is 0. The fourth-order valence-corrected chi connectivity index (χ4v) is 4.27. The summed E-state index contributed by atoms with van der Waals surface area (Å²) in [6, 6.07) is 16.4. The lowest BCUT2D eigenvalue weighted by Gasteiger charge is -2.17. The number of rotatable bonds is 4. The molecule has 2 heterocycles. The highest BCUT2D eigenvalue weighted by Gasteiger charge is 2.25. The number of carbonyl (C=O) groups excluding carboxylic acids is 2. The highest BCUT2D eigenvalue weighted by atomic mass is 16.1. The largest absolute Gasteiger partial charge is 0.340 e. The monoisotopic (exact) mass is 354 g/mol. The molecule has 0 saturated heterocycles. The molecule has 4 nitrogen and oxygen atoms in total. The summed E-state index contributed by atoms with van der Waals surface area (Å²) in [7, 11) is 0. The minimum atomic E-state index is 0.175. The minimum Gasteiger partial charge on any atom is -0.340 e. The number of allylic oxidation sites excluding steroid dienone is 2. The third-order valence-corrected chi connectivity index (χ3v) is 5.55. The molecule has 1 aliphatic rings. The summed E-state index contributed by atoms with van der Waals surface area (Å²) >= 11 is 0. The van der Waals surface area contributed by atoms with Gasteiger partial charge in [-0.1, -0.05) is 48.6 Å². The number of benzene rings is 2. The molecule has 0 saturated carbocycles. The van der Waals surface area contributed by atoms with Crippen LogP contribution in [0.3, 0.4) is 0 Å². The van der Waals surface area contributed by atoms with Crippen molar-refractivity contribution in [2.24, 2.45) is 0 Å². The van der Waals surface area contributed by atoms with E-state index in [9.17, 15) is 9.59 Å². The number of fused-ring (bicyclic) bond motifs is 2. The number of carbonyl (C=O) groups is 2. The van der Waals surface area contributed by atoms with E-state index in [0.717, 1.165) is 51.9 Å². The fraction of sp³-hybridized carbons (Fsp3) is 0.130. The van der Waals surface area contributed by atoms with Gasteiger partial charge in [-0.2, -0.15) is 0 Å². The summed E-state index contributed by atoms with van der Waals surface area (Å²) in [5, 5.41) is 1.97. The lowest BCUT2D eigenvalue weighted by molar-refractivity contribution is 0.111. The van der Waals surface area contributed by atoms with Crippen molar-refractivity contribution in [1.29, 1.82) is 0 Å². The molecule has 0 amide bonds. The van der Waals surface area contributed by atoms with E-state index in [2.05, 4.69) is 33.4 Å². The highest BCUT2D eigenvalue weighted by Crippen LogP contribution is 2.37. The van der Waals surface area contributed by atoms with Crippen LogP contribution in [0.1, 0.15) is 39.2 Å². The maximum absolute atomic E-state index is 11.4. The summed E-state index contributed by atoms with van der Waals surface area (Å²) in [6.07, 6.45) is 11.0. The summed E-state index contributed by atoms with van der Waals surface area (Å²) in [4.78, 5) is 22.9. The zero-order chi connectivity index (χ0) is 18.4. The first-order chi connectivity index (χ1) is 13.3. The third kappa shape index (κ3) is 2.37. The van der Waals surface area contributed by atoms with Gasteiger partial charge in [0.15, 0.2) is 12.6 Å². The molecule has 0 bridgehead atoms. The molecule has 27 heavy (non-hydrogen) atoms. The molecule has 0 fully saturated rings. The van der Waals surface area contributed by atoms with Crippen molar-refractivity contribution in [3.63, 3.8) is 0 Å². The Hall–Kier alpha value is -3.40. The van der Waals surface area contributed by atoms with Crippen molar-refractivity contribution >= 4 is 34.4 Å². The lowest BCUT2D eigenvalue weighted by atomic mass is 10.1. The topological polar surface area (TPSA) is 44.0 Å². The first-order valence-electron chi connectivity index (χ1n) is 9.08.